The van der Waals surface area contributed by atoms with Gasteiger partial charge < -0.3 is 10.0 Å². The number of carbonyl (C=O) groups is 1. The second-order valence-corrected chi connectivity index (χ2v) is 7.77. The predicted molar refractivity (Wildman–Crippen MR) is 96.6 cm³/mol. The summed E-state index contributed by atoms with van der Waals surface area (Å²) in [6.45, 7) is 1.87. The van der Waals surface area contributed by atoms with Crippen LogP contribution < -0.4 is 10.9 Å². The van der Waals surface area contributed by atoms with E-state index in [-0.39, 0.29) is 37.8 Å². The van der Waals surface area contributed by atoms with Gasteiger partial charge in [-0.2, -0.15) is 0 Å². The lowest BCUT2D eigenvalue weighted by Gasteiger charge is -2.07. The van der Waals surface area contributed by atoms with Crippen molar-refractivity contribution in [2.45, 2.75) is 18.2 Å². The Labute approximate surface area is 142 Å². The standard InChI is InChI=1S/C16H18B2O5S/c1-11-2-4-15(5-3-11)24(22,23)7-6-16(19)12-8-13(17-20)10-14(9-12)18-21/h2-5,8-10,17-18,20-21H,6-7H2,1H3. The first-order chi connectivity index (χ1) is 11.4. The van der Waals surface area contributed by atoms with Crippen molar-refractivity contribution in [2.24, 2.45) is 0 Å². The largest absolute Gasteiger partial charge is 0.449 e. The smallest absolute Gasteiger partial charge is 0.304 e. The van der Waals surface area contributed by atoms with Crippen LogP contribution in [0, 0.1) is 6.92 Å². The van der Waals surface area contributed by atoms with E-state index in [0.29, 0.717) is 16.5 Å². The first-order valence-corrected chi connectivity index (χ1v) is 9.18. The summed E-state index contributed by atoms with van der Waals surface area (Å²) in [5.74, 6) is -0.622. The molecule has 0 unspecified atom stereocenters. The number of benzene rings is 2. The molecule has 2 N–H and O–H groups in total. The minimum atomic E-state index is -3.53. The van der Waals surface area contributed by atoms with E-state index in [1.165, 1.54) is 24.3 Å². The van der Waals surface area contributed by atoms with Crippen molar-refractivity contribution in [3.8, 4) is 0 Å². The van der Waals surface area contributed by atoms with Crippen LogP contribution in [0.15, 0.2) is 47.4 Å². The van der Waals surface area contributed by atoms with Crippen molar-refractivity contribution in [1.82, 2.24) is 0 Å². The second-order valence-electron chi connectivity index (χ2n) is 5.66. The summed E-state index contributed by atoms with van der Waals surface area (Å²) in [5.41, 5.74) is 2.27. The Kier molecular flexibility index (Phi) is 5.99. The minimum Gasteiger partial charge on any atom is -0.449 e. The van der Waals surface area contributed by atoms with Crippen LogP contribution in [0.3, 0.4) is 0 Å². The number of hydrogen-bond donors (Lipinski definition) is 2. The maximum atomic E-state index is 12.3. The lowest BCUT2D eigenvalue weighted by Crippen LogP contribution is -2.26. The maximum absolute atomic E-state index is 12.3. The lowest BCUT2D eigenvalue weighted by atomic mass is 9.78. The summed E-state index contributed by atoms with van der Waals surface area (Å²) in [6.07, 6.45) is -0.157. The summed E-state index contributed by atoms with van der Waals surface area (Å²) < 4.78 is 24.6. The molecule has 0 aliphatic rings. The van der Waals surface area contributed by atoms with E-state index in [1.54, 1.807) is 18.2 Å². The summed E-state index contributed by atoms with van der Waals surface area (Å²) in [5, 5.41) is 18.4. The van der Waals surface area contributed by atoms with Gasteiger partial charge in [0.1, 0.15) is 0 Å². The van der Waals surface area contributed by atoms with Crippen LogP contribution >= 0.6 is 0 Å². The van der Waals surface area contributed by atoms with Crippen molar-refractivity contribution in [1.29, 1.82) is 0 Å². The molecule has 124 valence electrons. The van der Waals surface area contributed by atoms with Gasteiger partial charge in [-0.15, -0.1) is 0 Å². The average Bonchev–Trinajstić information content (AvgIpc) is 2.59. The molecular formula is C16H18B2O5S. The quantitative estimate of drug-likeness (QED) is 0.496. The van der Waals surface area contributed by atoms with Gasteiger partial charge in [0.05, 0.1) is 10.6 Å². The zero-order chi connectivity index (χ0) is 17.7. The Morgan fingerprint density at radius 3 is 2.04 bits per heavy atom. The molecule has 2 rings (SSSR count). The van der Waals surface area contributed by atoms with Crippen molar-refractivity contribution < 1.29 is 23.3 Å². The summed E-state index contributed by atoms with van der Waals surface area (Å²) in [4.78, 5) is 12.5. The number of Topliss-reactive ketones (excluding diaryl/α,β-unsaturated/α-hetero) is 1. The fraction of sp³-hybridized carbons (Fsp3) is 0.188. The zero-order valence-electron chi connectivity index (χ0n) is 13.4. The topological polar surface area (TPSA) is 91.7 Å². The number of carbonyl (C=O) groups excluding carboxylic acids is 1. The van der Waals surface area contributed by atoms with Gasteiger partial charge in [0.2, 0.25) is 0 Å². The molecule has 0 aliphatic carbocycles. The fourth-order valence-corrected chi connectivity index (χ4v) is 3.58. The molecule has 0 radical (unpaired) electrons. The number of sulfone groups is 1. The predicted octanol–water partition coefficient (Wildman–Crippen LogP) is -1.02. The second kappa shape index (κ2) is 7.79. The first kappa shape index (κ1) is 18.4. The molecule has 2 aromatic rings. The molecule has 0 spiro atoms. The molecular weight excluding hydrogens is 326 g/mol. The van der Waals surface area contributed by atoms with Crippen LogP contribution in [-0.4, -0.2) is 45.0 Å². The Morgan fingerprint density at radius 2 is 1.54 bits per heavy atom. The van der Waals surface area contributed by atoms with Crippen molar-refractivity contribution in [2.75, 3.05) is 5.75 Å². The number of rotatable bonds is 7. The van der Waals surface area contributed by atoms with Crippen LogP contribution in [0.5, 0.6) is 0 Å². The van der Waals surface area contributed by atoms with E-state index in [2.05, 4.69) is 0 Å². The van der Waals surface area contributed by atoms with Gasteiger partial charge >= 0.3 is 15.0 Å². The monoisotopic (exact) mass is 344 g/mol. The summed E-state index contributed by atoms with van der Waals surface area (Å²) >= 11 is 0. The Balaban J connectivity index is 2.14. The van der Waals surface area contributed by atoms with Crippen LogP contribution in [0.4, 0.5) is 0 Å². The molecule has 0 fully saturated rings. The van der Waals surface area contributed by atoms with E-state index in [0.717, 1.165) is 5.56 Å². The SMILES string of the molecule is Cc1ccc(S(=O)(=O)CCC(=O)c2cc(BO)cc(BO)c2)cc1. The van der Waals surface area contributed by atoms with Gasteiger partial charge in [-0.05, 0) is 19.1 Å². The number of hydrogen-bond acceptors (Lipinski definition) is 5. The zero-order valence-corrected chi connectivity index (χ0v) is 14.2. The molecule has 5 nitrogen and oxygen atoms in total. The van der Waals surface area contributed by atoms with Gasteiger partial charge in [0, 0.05) is 12.0 Å². The normalized spacial score (nSPS) is 11.1. The third-order valence-corrected chi connectivity index (χ3v) is 5.45. The molecule has 24 heavy (non-hydrogen) atoms. The molecule has 0 saturated heterocycles. The average molecular weight is 344 g/mol. The van der Waals surface area contributed by atoms with Gasteiger partial charge in [0.25, 0.3) is 0 Å². The highest BCUT2D eigenvalue weighted by molar-refractivity contribution is 7.91. The Bertz CT molecular complexity index is 810. The van der Waals surface area contributed by atoms with Crippen LogP contribution in [-0.2, 0) is 9.84 Å². The third-order valence-electron chi connectivity index (χ3n) is 3.72. The molecule has 0 bridgehead atoms. The highest BCUT2D eigenvalue weighted by atomic mass is 32.2. The highest BCUT2D eigenvalue weighted by Crippen LogP contribution is 2.14. The van der Waals surface area contributed by atoms with Crippen LogP contribution in [0.25, 0.3) is 0 Å². The van der Waals surface area contributed by atoms with Gasteiger partial charge in [0.15, 0.2) is 15.6 Å². The molecule has 8 heteroatoms. The molecule has 0 aromatic heterocycles. The highest BCUT2D eigenvalue weighted by Gasteiger charge is 2.18. The molecule has 0 heterocycles. The molecule has 0 atom stereocenters. The molecule has 0 aliphatic heterocycles. The van der Waals surface area contributed by atoms with Gasteiger partial charge in [-0.3, -0.25) is 4.79 Å². The summed E-state index contributed by atoms with van der Waals surface area (Å²) in [7, 11) is -4.04. The molecule has 0 saturated carbocycles. The van der Waals surface area contributed by atoms with E-state index in [1.807, 2.05) is 6.92 Å². The summed E-state index contributed by atoms with van der Waals surface area (Å²) in [6, 6.07) is 11.1. The van der Waals surface area contributed by atoms with Crippen molar-refractivity contribution in [3.05, 3.63) is 53.6 Å². The Hall–Kier alpha value is -1.89. The van der Waals surface area contributed by atoms with Gasteiger partial charge in [-0.25, -0.2) is 8.42 Å². The Morgan fingerprint density at radius 1 is 1.00 bits per heavy atom. The maximum Gasteiger partial charge on any atom is 0.304 e. The minimum absolute atomic E-state index is 0.157. The number of aryl methyl sites for hydroxylation is 1. The van der Waals surface area contributed by atoms with E-state index in [9.17, 15) is 23.3 Å². The van der Waals surface area contributed by atoms with E-state index in [4.69, 9.17) is 0 Å². The molecule has 0 amide bonds. The first-order valence-electron chi connectivity index (χ1n) is 7.53. The number of ketones is 1. The van der Waals surface area contributed by atoms with Crippen molar-refractivity contribution in [3.63, 3.8) is 0 Å². The lowest BCUT2D eigenvalue weighted by molar-refractivity contribution is 0.0989. The van der Waals surface area contributed by atoms with Crippen molar-refractivity contribution >= 4 is 41.5 Å². The molecule has 2 aromatic carbocycles. The fourth-order valence-electron chi connectivity index (χ4n) is 2.34. The van der Waals surface area contributed by atoms with E-state index >= 15 is 0 Å². The van der Waals surface area contributed by atoms with E-state index < -0.39 is 9.84 Å². The van der Waals surface area contributed by atoms with Crippen LogP contribution in [0.1, 0.15) is 22.3 Å². The third kappa shape index (κ3) is 4.56. The van der Waals surface area contributed by atoms with Crippen LogP contribution in [0.2, 0.25) is 0 Å². The van der Waals surface area contributed by atoms with Gasteiger partial charge in [-0.1, -0.05) is 46.8 Å².